The van der Waals surface area contributed by atoms with Gasteiger partial charge >= 0.3 is 6.18 Å². The average Bonchev–Trinajstić information content (AvgIpc) is 3.18. The molecule has 0 spiro atoms. The third kappa shape index (κ3) is 4.12. The molecule has 0 aliphatic heterocycles. The molecule has 2 heterocycles. The molecule has 0 fully saturated rings. The number of hydrogen-bond acceptors (Lipinski definition) is 3. The van der Waals surface area contributed by atoms with E-state index in [1.54, 1.807) is 36.5 Å². The van der Waals surface area contributed by atoms with Gasteiger partial charge < -0.3 is 15.6 Å². The van der Waals surface area contributed by atoms with Crippen LogP contribution in [0.4, 0.5) is 30.2 Å². The number of rotatable bonds is 4. The lowest BCUT2D eigenvalue weighted by molar-refractivity contribution is -0.137. The van der Waals surface area contributed by atoms with E-state index in [4.69, 9.17) is 0 Å². The molecule has 5 nitrogen and oxygen atoms in total. The van der Waals surface area contributed by atoms with Crippen molar-refractivity contribution < 1.29 is 18.0 Å². The number of aromatic amines is 1. The van der Waals surface area contributed by atoms with Gasteiger partial charge in [0.2, 0.25) is 0 Å². The third-order valence-corrected chi connectivity index (χ3v) is 4.63. The Balaban J connectivity index is 1.55. The van der Waals surface area contributed by atoms with Crippen molar-refractivity contribution in [3.63, 3.8) is 0 Å². The number of carbonyl (C=O) groups is 1. The van der Waals surface area contributed by atoms with Gasteiger partial charge in [-0.15, -0.1) is 0 Å². The molecule has 4 rings (SSSR count). The minimum Gasteiger partial charge on any atom is -0.355 e. The van der Waals surface area contributed by atoms with Gasteiger partial charge in [0.15, 0.2) is 0 Å². The molecule has 1 amide bonds. The fraction of sp³-hybridized carbons (Fsp3) is 0.0909. The summed E-state index contributed by atoms with van der Waals surface area (Å²) in [5, 5.41) is 6.60. The summed E-state index contributed by atoms with van der Waals surface area (Å²) < 4.78 is 38.8. The maximum absolute atomic E-state index is 12.9. The molecular formula is C22H17F3N4O. The second-order valence-corrected chi connectivity index (χ2v) is 6.83. The van der Waals surface area contributed by atoms with Crippen molar-refractivity contribution in [2.75, 3.05) is 10.6 Å². The number of carbonyl (C=O) groups excluding carboxylic acids is 1. The zero-order chi connectivity index (χ0) is 21.3. The second-order valence-electron chi connectivity index (χ2n) is 6.83. The molecule has 4 aromatic rings. The summed E-state index contributed by atoms with van der Waals surface area (Å²) in [5.74, 6) is -0.329. The molecular weight excluding hydrogens is 393 g/mol. The number of benzene rings is 2. The molecule has 30 heavy (non-hydrogen) atoms. The molecule has 152 valence electrons. The number of aromatic nitrogens is 2. The first kappa shape index (κ1) is 19.5. The summed E-state index contributed by atoms with van der Waals surface area (Å²) in [6.07, 6.45) is -1.20. The predicted octanol–water partition coefficient (Wildman–Crippen LogP) is 5.89. The van der Waals surface area contributed by atoms with E-state index in [9.17, 15) is 18.0 Å². The Morgan fingerprint density at radius 2 is 1.83 bits per heavy atom. The van der Waals surface area contributed by atoms with Crippen LogP contribution in [0.3, 0.4) is 0 Å². The van der Waals surface area contributed by atoms with E-state index in [1.807, 2.05) is 13.0 Å². The topological polar surface area (TPSA) is 69.8 Å². The maximum atomic E-state index is 12.9. The summed E-state index contributed by atoms with van der Waals surface area (Å²) in [4.78, 5) is 19.8. The van der Waals surface area contributed by atoms with Gasteiger partial charge in [-0.25, -0.2) is 4.98 Å². The van der Waals surface area contributed by atoms with E-state index < -0.39 is 11.7 Å². The first-order valence-electron chi connectivity index (χ1n) is 9.09. The van der Waals surface area contributed by atoms with Gasteiger partial charge in [-0.1, -0.05) is 12.1 Å². The fourth-order valence-corrected chi connectivity index (χ4v) is 3.03. The Kier molecular flexibility index (Phi) is 4.91. The van der Waals surface area contributed by atoms with Crippen molar-refractivity contribution >= 4 is 34.0 Å². The van der Waals surface area contributed by atoms with Gasteiger partial charge in [0.1, 0.15) is 5.65 Å². The molecule has 2 aromatic carbocycles. The number of nitrogens with one attached hydrogen (secondary N) is 3. The molecule has 0 atom stereocenters. The molecule has 0 saturated carbocycles. The lowest BCUT2D eigenvalue weighted by atomic mass is 10.1. The number of aryl methyl sites for hydroxylation is 1. The normalized spacial score (nSPS) is 11.5. The monoisotopic (exact) mass is 410 g/mol. The van der Waals surface area contributed by atoms with Crippen molar-refractivity contribution in [1.29, 1.82) is 0 Å². The predicted molar refractivity (Wildman–Crippen MR) is 110 cm³/mol. The Bertz CT molecular complexity index is 1230. The molecule has 0 unspecified atom stereocenters. The lowest BCUT2D eigenvalue weighted by Gasteiger charge is -2.13. The van der Waals surface area contributed by atoms with Crippen LogP contribution in [0, 0.1) is 6.92 Å². The number of amides is 1. The summed E-state index contributed by atoms with van der Waals surface area (Å²) in [5.41, 5.74) is 2.57. The zero-order valence-corrected chi connectivity index (χ0v) is 15.8. The molecule has 0 aliphatic rings. The number of nitrogens with zero attached hydrogens (tertiary/aromatic N) is 1. The van der Waals surface area contributed by atoms with E-state index in [0.717, 1.165) is 23.1 Å². The van der Waals surface area contributed by atoms with Gasteiger partial charge in [0, 0.05) is 34.8 Å². The minimum atomic E-state index is -4.42. The van der Waals surface area contributed by atoms with Crippen LogP contribution in [0.1, 0.15) is 21.5 Å². The van der Waals surface area contributed by atoms with Crippen LogP contribution < -0.4 is 10.6 Å². The highest BCUT2D eigenvalue weighted by Gasteiger charge is 2.30. The second kappa shape index (κ2) is 7.55. The molecule has 8 heteroatoms. The Hall–Kier alpha value is -3.81. The number of hydrogen-bond donors (Lipinski definition) is 3. The van der Waals surface area contributed by atoms with Crippen molar-refractivity contribution in [3.8, 4) is 0 Å². The summed E-state index contributed by atoms with van der Waals surface area (Å²) >= 11 is 0. The standard InChI is InChI=1S/C22H17F3N4O/c1-13-5-6-18(28-17-4-2-3-16(10-17)22(23,24)25)11-19(13)29-21(30)15-9-14-7-8-26-20(14)27-12-15/h2-12,28H,1H3,(H,26,27)(H,29,30). The first-order chi connectivity index (χ1) is 14.3. The van der Waals surface area contributed by atoms with Crippen LogP contribution in [0.2, 0.25) is 0 Å². The van der Waals surface area contributed by atoms with Crippen LogP contribution in [0.5, 0.6) is 0 Å². The van der Waals surface area contributed by atoms with Crippen molar-refractivity contribution in [1.82, 2.24) is 9.97 Å². The van der Waals surface area contributed by atoms with Crippen LogP contribution in [0.25, 0.3) is 11.0 Å². The molecule has 0 radical (unpaired) electrons. The highest BCUT2D eigenvalue weighted by Crippen LogP contribution is 2.32. The van der Waals surface area contributed by atoms with Gasteiger partial charge in [-0.05, 0) is 55.0 Å². The van der Waals surface area contributed by atoms with Gasteiger partial charge in [0.05, 0.1) is 11.1 Å². The first-order valence-corrected chi connectivity index (χ1v) is 9.09. The average molecular weight is 410 g/mol. The Morgan fingerprint density at radius 3 is 2.63 bits per heavy atom. The molecule has 0 saturated heterocycles. The van der Waals surface area contributed by atoms with Crippen LogP contribution in [-0.4, -0.2) is 15.9 Å². The Labute approximate surface area is 170 Å². The largest absolute Gasteiger partial charge is 0.416 e. The smallest absolute Gasteiger partial charge is 0.355 e. The molecule has 2 aromatic heterocycles. The van der Waals surface area contributed by atoms with E-state index in [2.05, 4.69) is 20.6 Å². The fourth-order valence-electron chi connectivity index (χ4n) is 3.03. The summed E-state index contributed by atoms with van der Waals surface area (Å²) in [6.45, 7) is 1.83. The number of halogens is 3. The minimum absolute atomic E-state index is 0.299. The molecule has 3 N–H and O–H groups in total. The number of alkyl halides is 3. The summed E-state index contributed by atoms with van der Waals surface area (Å²) in [6, 6.07) is 13.7. The molecule has 0 bridgehead atoms. The van der Waals surface area contributed by atoms with E-state index in [1.165, 1.54) is 12.3 Å². The summed E-state index contributed by atoms with van der Waals surface area (Å²) in [7, 11) is 0. The Morgan fingerprint density at radius 1 is 1.03 bits per heavy atom. The van der Waals surface area contributed by atoms with Crippen LogP contribution >= 0.6 is 0 Å². The van der Waals surface area contributed by atoms with Crippen molar-refractivity contribution in [2.24, 2.45) is 0 Å². The van der Waals surface area contributed by atoms with E-state index in [-0.39, 0.29) is 5.91 Å². The number of fused-ring (bicyclic) bond motifs is 1. The highest BCUT2D eigenvalue weighted by molar-refractivity contribution is 6.06. The quantitative estimate of drug-likeness (QED) is 0.393. The van der Waals surface area contributed by atoms with Crippen molar-refractivity contribution in [3.05, 3.63) is 83.7 Å². The number of pyridine rings is 1. The number of anilines is 3. The van der Waals surface area contributed by atoms with Crippen LogP contribution in [0.15, 0.2) is 67.0 Å². The lowest BCUT2D eigenvalue weighted by Crippen LogP contribution is -2.13. The highest BCUT2D eigenvalue weighted by atomic mass is 19.4. The van der Waals surface area contributed by atoms with Crippen molar-refractivity contribution in [2.45, 2.75) is 13.1 Å². The maximum Gasteiger partial charge on any atom is 0.416 e. The molecule has 0 aliphatic carbocycles. The van der Waals surface area contributed by atoms with E-state index >= 15 is 0 Å². The number of H-pyrrole nitrogens is 1. The van der Waals surface area contributed by atoms with Gasteiger partial charge in [-0.3, -0.25) is 4.79 Å². The van der Waals surface area contributed by atoms with Gasteiger partial charge in [0.25, 0.3) is 5.91 Å². The van der Waals surface area contributed by atoms with Gasteiger partial charge in [-0.2, -0.15) is 13.2 Å². The third-order valence-electron chi connectivity index (χ3n) is 4.63. The van der Waals surface area contributed by atoms with Crippen LogP contribution in [-0.2, 0) is 6.18 Å². The van der Waals surface area contributed by atoms with E-state index in [0.29, 0.717) is 28.3 Å². The SMILES string of the molecule is Cc1ccc(Nc2cccc(C(F)(F)F)c2)cc1NC(=O)c1cnc2[nH]ccc2c1. The zero-order valence-electron chi connectivity index (χ0n) is 15.8.